The molecule has 0 aliphatic heterocycles. The van der Waals surface area contributed by atoms with Gasteiger partial charge in [0.25, 0.3) is 0 Å². The molecule has 0 saturated heterocycles. The number of carbonyl (C=O) groups excluding carboxylic acids is 1. The highest BCUT2D eigenvalue weighted by atomic mass is 16.5. The van der Waals surface area contributed by atoms with Crippen LogP contribution in [-0.2, 0) is 17.9 Å². The maximum Gasteiger partial charge on any atom is 0.244 e. The molecule has 0 aliphatic carbocycles. The highest BCUT2D eigenvalue weighted by Gasteiger charge is 2.12. The van der Waals surface area contributed by atoms with Crippen LogP contribution in [0.25, 0.3) is 6.08 Å². The predicted molar refractivity (Wildman–Crippen MR) is 108 cm³/mol. The Morgan fingerprint density at radius 2 is 2.07 bits per heavy atom. The second kappa shape index (κ2) is 9.54. The van der Waals surface area contributed by atoms with Crippen LogP contribution in [0.5, 0.6) is 11.5 Å². The lowest BCUT2D eigenvalue weighted by atomic mass is 10.2. The molecular weight excluding hydrogens is 370 g/mol. The summed E-state index contributed by atoms with van der Waals surface area (Å²) in [6.07, 6.45) is 4.88. The summed E-state index contributed by atoms with van der Waals surface area (Å²) in [7, 11) is 1.57. The number of pyridine rings is 1. The van der Waals surface area contributed by atoms with Gasteiger partial charge in [-0.1, -0.05) is 17.3 Å². The molecule has 0 aliphatic rings. The van der Waals surface area contributed by atoms with E-state index in [1.807, 2.05) is 50.2 Å². The van der Waals surface area contributed by atoms with Crippen molar-refractivity contribution in [2.45, 2.75) is 27.0 Å². The number of ether oxygens (including phenoxy) is 2. The molecule has 0 saturated carbocycles. The molecule has 7 heteroatoms. The maximum absolute atomic E-state index is 12.0. The molecule has 29 heavy (non-hydrogen) atoms. The lowest BCUT2D eigenvalue weighted by Crippen LogP contribution is -2.20. The van der Waals surface area contributed by atoms with Crippen molar-refractivity contribution in [1.29, 1.82) is 0 Å². The first-order chi connectivity index (χ1) is 14.1. The molecule has 0 bridgehead atoms. The Kier molecular flexibility index (Phi) is 6.63. The highest BCUT2D eigenvalue weighted by molar-refractivity contribution is 5.91. The van der Waals surface area contributed by atoms with Gasteiger partial charge < -0.3 is 19.3 Å². The highest BCUT2D eigenvalue weighted by Crippen LogP contribution is 2.30. The molecule has 0 atom stereocenters. The Balaban J connectivity index is 1.60. The van der Waals surface area contributed by atoms with Crippen LogP contribution in [0.3, 0.4) is 0 Å². The van der Waals surface area contributed by atoms with Crippen LogP contribution in [0.2, 0.25) is 0 Å². The lowest BCUT2D eigenvalue weighted by Gasteiger charge is -2.11. The summed E-state index contributed by atoms with van der Waals surface area (Å²) < 4.78 is 16.4. The molecule has 0 radical (unpaired) electrons. The number of hydrogen-bond acceptors (Lipinski definition) is 6. The number of aromatic nitrogens is 2. The Hall–Kier alpha value is -3.61. The fraction of sp³-hybridized carbons (Fsp3) is 0.227. The molecule has 150 valence electrons. The molecule has 0 unspecified atom stereocenters. The Labute approximate surface area is 169 Å². The summed E-state index contributed by atoms with van der Waals surface area (Å²) in [6, 6.07) is 11.0. The number of nitrogens with zero attached hydrogens (tertiary/aromatic N) is 2. The minimum Gasteiger partial charge on any atom is -0.493 e. The zero-order valence-corrected chi connectivity index (χ0v) is 16.6. The monoisotopic (exact) mass is 393 g/mol. The quantitative estimate of drug-likeness (QED) is 0.589. The Morgan fingerprint density at radius 3 is 2.76 bits per heavy atom. The van der Waals surface area contributed by atoms with Crippen LogP contribution in [-0.4, -0.2) is 23.2 Å². The Morgan fingerprint density at radius 1 is 1.21 bits per heavy atom. The molecule has 7 nitrogen and oxygen atoms in total. The number of carbonyl (C=O) groups is 1. The smallest absolute Gasteiger partial charge is 0.244 e. The van der Waals surface area contributed by atoms with Gasteiger partial charge in [-0.2, -0.15) is 0 Å². The molecule has 0 fully saturated rings. The topological polar surface area (TPSA) is 86.5 Å². The normalized spacial score (nSPS) is 10.9. The Bertz CT molecular complexity index is 977. The van der Waals surface area contributed by atoms with Crippen LogP contribution in [0.4, 0.5) is 0 Å². The van der Waals surface area contributed by atoms with E-state index in [0.29, 0.717) is 24.7 Å². The number of methoxy groups -OCH3 is 1. The molecule has 2 aromatic heterocycles. The van der Waals surface area contributed by atoms with E-state index in [9.17, 15) is 4.79 Å². The third kappa shape index (κ3) is 5.44. The van der Waals surface area contributed by atoms with E-state index in [4.69, 9.17) is 14.0 Å². The van der Waals surface area contributed by atoms with E-state index in [0.717, 1.165) is 28.3 Å². The van der Waals surface area contributed by atoms with Gasteiger partial charge in [0.15, 0.2) is 11.5 Å². The SMILES string of the molecule is COc1cc(/C=C/C(=O)NCc2ccccn2)ccc1OCc1c(C)noc1C. The summed E-state index contributed by atoms with van der Waals surface area (Å²) in [5.41, 5.74) is 3.34. The number of rotatable bonds is 8. The van der Waals surface area contributed by atoms with E-state index in [1.54, 1.807) is 19.4 Å². The zero-order chi connectivity index (χ0) is 20.6. The molecule has 0 spiro atoms. The van der Waals surface area contributed by atoms with E-state index in [1.165, 1.54) is 6.08 Å². The first-order valence-electron chi connectivity index (χ1n) is 9.15. The van der Waals surface area contributed by atoms with Gasteiger partial charge in [0.05, 0.1) is 30.6 Å². The largest absolute Gasteiger partial charge is 0.493 e. The predicted octanol–water partition coefficient (Wildman–Crippen LogP) is 3.60. The summed E-state index contributed by atoms with van der Waals surface area (Å²) in [6.45, 7) is 4.44. The van der Waals surface area contributed by atoms with Crippen molar-refractivity contribution in [1.82, 2.24) is 15.5 Å². The van der Waals surface area contributed by atoms with Gasteiger partial charge in [0, 0.05) is 12.3 Å². The van der Waals surface area contributed by atoms with Crippen molar-refractivity contribution in [3.8, 4) is 11.5 Å². The third-order valence-corrected chi connectivity index (χ3v) is 4.34. The summed E-state index contributed by atoms with van der Waals surface area (Å²) in [5.74, 6) is 1.71. The number of aryl methyl sites for hydroxylation is 2. The van der Waals surface area contributed by atoms with Gasteiger partial charge in [-0.25, -0.2) is 0 Å². The molecule has 1 N–H and O–H groups in total. The van der Waals surface area contributed by atoms with Crippen molar-refractivity contribution < 1.29 is 18.8 Å². The van der Waals surface area contributed by atoms with Crippen LogP contribution >= 0.6 is 0 Å². The lowest BCUT2D eigenvalue weighted by molar-refractivity contribution is -0.116. The summed E-state index contributed by atoms with van der Waals surface area (Å²) in [5, 5.41) is 6.72. The average Bonchev–Trinajstić information content (AvgIpc) is 3.07. The molecule has 1 aromatic carbocycles. The van der Waals surface area contributed by atoms with E-state index in [-0.39, 0.29) is 5.91 Å². The minimum absolute atomic E-state index is 0.201. The van der Waals surface area contributed by atoms with Crippen molar-refractivity contribution in [2.24, 2.45) is 0 Å². The number of nitrogens with one attached hydrogen (secondary N) is 1. The number of benzene rings is 1. The number of amides is 1. The van der Waals surface area contributed by atoms with Gasteiger partial charge in [-0.05, 0) is 49.8 Å². The van der Waals surface area contributed by atoms with Crippen LogP contribution < -0.4 is 14.8 Å². The minimum atomic E-state index is -0.201. The summed E-state index contributed by atoms with van der Waals surface area (Å²) >= 11 is 0. The maximum atomic E-state index is 12.0. The van der Waals surface area contributed by atoms with Gasteiger partial charge in [-0.3, -0.25) is 9.78 Å². The fourth-order valence-corrected chi connectivity index (χ4v) is 2.68. The fourth-order valence-electron chi connectivity index (χ4n) is 2.68. The van der Waals surface area contributed by atoms with E-state index in [2.05, 4.69) is 15.5 Å². The summed E-state index contributed by atoms with van der Waals surface area (Å²) in [4.78, 5) is 16.2. The van der Waals surface area contributed by atoms with Crippen molar-refractivity contribution in [3.63, 3.8) is 0 Å². The molecule has 2 heterocycles. The molecule has 1 amide bonds. The second-order valence-corrected chi connectivity index (χ2v) is 6.37. The molecular formula is C22H23N3O4. The molecule has 3 aromatic rings. The van der Waals surface area contributed by atoms with Crippen LogP contribution in [0.1, 0.15) is 28.3 Å². The van der Waals surface area contributed by atoms with Crippen LogP contribution in [0.15, 0.2) is 53.2 Å². The van der Waals surface area contributed by atoms with Gasteiger partial charge >= 0.3 is 0 Å². The number of hydrogen-bond donors (Lipinski definition) is 1. The zero-order valence-electron chi connectivity index (χ0n) is 16.6. The van der Waals surface area contributed by atoms with Crippen molar-refractivity contribution in [3.05, 3.63) is 76.9 Å². The first-order valence-corrected chi connectivity index (χ1v) is 9.15. The van der Waals surface area contributed by atoms with Gasteiger partial charge in [-0.15, -0.1) is 0 Å². The van der Waals surface area contributed by atoms with Crippen molar-refractivity contribution in [2.75, 3.05) is 7.11 Å². The third-order valence-electron chi connectivity index (χ3n) is 4.34. The standard InChI is InChI=1S/C22H23N3O4/c1-15-19(16(2)29-25-15)14-28-20-9-7-17(12-21(20)27-3)8-10-22(26)24-13-18-6-4-5-11-23-18/h4-12H,13-14H2,1-3H3,(H,24,26)/b10-8+. The van der Waals surface area contributed by atoms with E-state index < -0.39 is 0 Å². The average molecular weight is 393 g/mol. The van der Waals surface area contributed by atoms with Gasteiger partial charge in [0.2, 0.25) is 5.91 Å². The second-order valence-electron chi connectivity index (χ2n) is 6.37. The van der Waals surface area contributed by atoms with E-state index >= 15 is 0 Å². The van der Waals surface area contributed by atoms with Crippen molar-refractivity contribution >= 4 is 12.0 Å². The van der Waals surface area contributed by atoms with Crippen LogP contribution in [0, 0.1) is 13.8 Å². The molecule has 3 rings (SSSR count). The van der Waals surface area contributed by atoms with Gasteiger partial charge in [0.1, 0.15) is 12.4 Å². The first kappa shape index (κ1) is 20.1.